The van der Waals surface area contributed by atoms with Gasteiger partial charge < -0.3 is 15.4 Å². The Kier molecular flexibility index (Phi) is 5.87. The molecule has 0 atom stereocenters. The third-order valence-corrected chi connectivity index (χ3v) is 3.81. The van der Waals surface area contributed by atoms with Crippen LogP contribution >= 0.6 is 0 Å². The van der Waals surface area contributed by atoms with Crippen molar-refractivity contribution in [1.82, 2.24) is 9.80 Å². The number of hydrogen-bond donors (Lipinski definition) is 1. The van der Waals surface area contributed by atoms with Gasteiger partial charge in [-0.1, -0.05) is 13.0 Å². The number of carbonyl (C=O) groups excluding carboxylic acids is 1. The van der Waals surface area contributed by atoms with E-state index in [4.69, 9.17) is 10.5 Å². The van der Waals surface area contributed by atoms with Crippen LogP contribution in [0.5, 0.6) is 5.75 Å². The largest absolute Gasteiger partial charge is 0.491 e. The van der Waals surface area contributed by atoms with Gasteiger partial charge in [0, 0.05) is 32.7 Å². The van der Waals surface area contributed by atoms with E-state index in [0.717, 1.165) is 57.7 Å². The number of ether oxygens (including phenoxy) is 1. The normalized spacial score (nSPS) is 16.0. The van der Waals surface area contributed by atoms with Crippen LogP contribution in [0.4, 0.5) is 5.69 Å². The van der Waals surface area contributed by atoms with Crippen molar-refractivity contribution in [2.24, 2.45) is 0 Å². The van der Waals surface area contributed by atoms with Crippen molar-refractivity contribution in [3.63, 3.8) is 0 Å². The molecule has 0 bridgehead atoms. The Morgan fingerprint density at radius 1 is 1.29 bits per heavy atom. The van der Waals surface area contributed by atoms with E-state index in [2.05, 4.69) is 17.9 Å². The summed E-state index contributed by atoms with van der Waals surface area (Å²) in [5, 5.41) is 0. The van der Waals surface area contributed by atoms with Gasteiger partial charge in [0.1, 0.15) is 5.75 Å². The fourth-order valence-corrected chi connectivity index (χ4v) is 2.48. The minimum absolute atomic E-state index is 0.699. The quantitative estimate of drug-likeness (QED) is 0.609. The molecule has 2 rings (SSSR count). The zero-order valence-electron chi connectivity index (χ0n) is 12.8. The molecule has 5 nitrogen and oxygen atoms in total. The summed E-state index contributed by atoms with van der Waals surface area (Å²) in [7, 11) is 0. The number of rotatable bonds is 7. The molecule has 1 aliphatic heterocycles. The number of anilines is 1. The summed E-state index contributed by atoms with van der Waals surface area (Å²) in [6.45, 7) is 7.34. The molecule has 1 aromatic carbocycles. The first-order valence-corrected chi connectivity index (χ1v) is 7.66. The molecule has 0 unspecified atom stereocenters. The van der Waals surface area contributed by atoms with E-state index in [1.54, 1.807) is 0 Å². The van der Waals surface area contributed by atoms with Crippen molar-refractivity contribution >= 4 is 12.1 Å². The number of nitrogens with zero attached hydrogens (tertiary/aromatic N) is 2. The molecule has 5 heteroatoms. The zero-order valence-corrected chi connectivity index (χ0v) is 12.8. The molecule has 1 aliphatic rings. The van der Waals surface area contributed by atoms with Crippen molar-refractivity contribution in [2.45, 2.75) is 19.8 Å². The number of benzene rings is 1. The molecule has 21 heavy (non-hydrogen) atoms. The zero-order chi connectivity index (χ0) is 15.1. The highest BCUT2D eigenvalue weighted by Gasteiger charge is 2.14. The van der Waals surface area contributed by atoms with Gasteiger partial charge in [-0.05, 0) is 30.5 Å². The summed E-state index contributed by atoms with van der Waals surface area (Å²) in [6, 6.07) is 6.06. The van der Waals surface area contributed by atoms with Gasteiger partial charge in [0.15, 0.2) is 0 Å². The molecule has 1 amide bonds. The van der Waals surface area contributed by atoms with Crippen molar-refractivity contribution in [1.29, 1.82) is 0 Å². The number of hydrogen-bond acceptors (Lipinski definition) is 4. The number of nitrogens with two attached hydrogens (primary N) is 1. The summed E-state index contributed by atoms with van der Waals surface area (Å²) in [6.07, 6.45) is 2.89. The molecule has 0 aromatic heterocycles. The number of carbonyl (C=O) groups is 1. The fourth-order valence-electron chi connectivity index (χ4n) is 2.48. The van der Waals surface area contributed by atoms with Crippen molar-refractivity contribution in [3.8, 4) is 5.75 Å². The molecule has 116 valence electrons. The first kappa shape index (κ1) is 15.6. The van der Waals surface area contributed by atoms with Crippen LogP contribution < -0.4 is 10.5 Å². The maximum Gasteiger partial charge on any atom is 0.209 e. The van der Waals surface area contributed by atoms with Crippen LogP contribution in [-0.2, 0) is 11.2 Å². The van der Waals surface area contributed by atoms with Crippen LogP contribution in [0, 0.1) is 0 Å². The lowest BCUT2D eigenvalue weighted by molar-refractivity contribution is -0.119. The van der Waals surface area contributed by atoms with E-state index in [1.165, 1.54) is 5.56 Å². The first-order valence-electron chi connectivity index (χ1n) is 7.66. The number of amides is 1. The van der Waals surface area contributed by atoms with Crippen LogP contribution in [0.25, 0.3) is 0 Å². The first-order chi connectivity index (χ1) is 10.2. The van der Waals surface area contributed by atoms with Gasteiger partial charge in [0.2, 0.25) is 6.41 Å². The number of nitrogen functional groups attached to an aromatic ring is 1. The van der Waals surface area contributed by atoms with Gasteiger partial charge in [0.25, 0.3) is 0 Å². The van der Waals surface area contributed by atoms with E-state index in [0.29, 0.717) is 12.3 Å². The lowest BCUT2D eigenvalue weighted by Crippen LogP contribution is -2.46. The summed E-state index contributed by atoms with van der Waals surface area (Å²) in [4.78, 5) is 14.9. The second kappa shape index (κ2) is 7.88. The van der Waals surface area contributed by atoms with Crippen molar-refractivity contribution in [3.05, 3.63) is 23.8 Å². The SMILES string of the molecule is CCCOc1ccc(CCN2CCN(C=O)CC2)cc1N. The predicted octanol–water partition coefficient (Wildman–Crippen LogP) is 1.37. The Morgan fingerprint density at radius 2 is 2.05 bits per heavy atom. The highest BCUT2D eigenvalue weighted by atomic mass is 16.5. The molecule has 0 aliphatic carbocycles. The van der Waals surface area contributed by atoms with Crippen LogP contribution in [0.15, 0.2) is 18.2 Å². The lowest BCUT2D eigenvalue weighted by atomic mass is 10.1. The third-order valence-electron chi connectivity index (χ3n) is 3.81. The fraction of sp³-hybridized carbons (Fsp3) is 0.562. The van der Waals surface area contributed by atoms with Crippen LogP contribution in [0.2, 0.25) is 0 Å². The maximum absolute atomic E-state index is 10.7. The van der Waals surface area contributed by atoms with E-state index >= 15 is 0 Å². The highest BCUT2D eigenvalue weighted by Crippen LogP contribution is 2.23. The van der Waals surface area contributed by atoms with Crippen molar-refractivity contribution < 1.29 is 9.53 Å². The Morgan fingerprint density at radius 3 is 2.67 bits per heavy atom. The minimum Gasteiger partial charge on any atom is -0.491 e. The molecule has 1 aromatic rings. The molecule has 0 saturated carbocycles. The average Bonchev–Trinajstić information content (AvgIpc) is 2.52. The molecular formula is C16H25N3O2. The van der Waals surface area contributed by atoms with Gasteiger partial charge in [0.05, 0.1) is 12.3 Å². The van der Waals surface area contributed by atoms with Crippen LogP contribution in [0.1, 0.15) is 18.9 Å². The molecule has 1 saturated heterocycles. The maximum atomic E-state index is 10.7. The monoisotopic (exact) mass is 291 g/mol. The summed E-state index contributed by atoms with van der Waals surface area (Å²) in [5.74, 6) is 0.778. The molecule has 0 spiro atoms. The number of piperazine rings is 1. The smallest absolute Gasteiger partial charge is 0.209 e. The van der Waals surface area contributed by atoms with Gasteiger partial charge in [-0.3, -0.25) is 9.69 Å². The second-order valence-electron chi connectivity index (χ2n) is 5.45. The Bertz CT molecular complexity index is 457. The topological polar surface area (TPSA) is 58.8 Å². The average molecular weight is 291 g/mol. The molecule has 1 heterocycles. The third kappa shape index (κ3) is 4.63. The van der Waals surface area contributed by atoms with E-state index in [-0.39, 0.29) is 0 Å². The van der Waals surface area contributed by atoms with Crippen LogP contribution in [-0.4, -0.2) is 55.5 Å². The Labute approximate surface area is 126 Å². The van der Waals surface area contributed by atoms with Gasteiger partial charge in [-0.15, -0.1) is 0 Å². The van der Waals surface area contributed by atoms with E-state index < -0.39 is 0 Å². The molecule has 0 radical (unpaired) electrons. The van der Waals surface area contributed by atoms with Gasteiger partial charge >= 0.3 is 0 Å². The highest BCUT2D eigenvalue weighted by molar-refractivity contribution is 5.54. The molecule has 1 fully saturated rings. The molecule has 2 N–H and O–H groups in total. The summed E-state index contributed by atoms with van der Waals surface area (Å²) >= 11 is 0. The molecular weight excluding hydrogens is 266 g/mol. The predicted molar refractivity (Wildman–Crippen MR) is 84.4 cm³/mol. The summed E-state index contributed by atoms with van der Waals surface area (Å²) in [5.41, 5.74) is 7.97. The Hall–Kier alpha value is -1.75. The lowest BCUT2D eigenvalue weighted by Gasteiger charge is -2.32. The van der Waals surface area contributed by atoms with E-state index in [9.17, 15) is 4.79 Å². The standard InChI is InChI=1S/C16H25N3O2/c1-2-11-21-16-4-3-14(12-15(16)17)5-6-18-7-9-19(13-20)10-8-18/h3-4,12-13H,2,5-11,17H2,1H3. The Balaban J connectivity index is 1.81. The van der Waals surface area contributed by atoms with Gasteiger partial charge in [-0.2, -0.15) is 0 Å². The minimum atomic E-state index is 0.699. The summed E-state index contributed by atoms with van der Waals surface area (Å²) < 4.78 is 5.59. The van der Waals surface area contributed by atoms with Crippen molar-refractivity contribution in [2.75, 3.05) is 45.1 Å². The second-order valence-corrected chi connectivity index (χ2v) is 5.45. The van der Waals surface area contributed by atoms with Crippen LogP contribution in [0.3, 0.4) is 0 Å². The van der Waals surface area contributed by atoms with Gasteiger partial charge in [-0.25, -0.2) is 0 Å². The van der Waals surface area contributed by atoms with E-state index in [1.807, 2.05) is 17.0 Å².